The molecule has 1 N–H and O–H groups in total. The molecule has 3 rings (SSSR count). The number of allylic oxidation sites excluding steroid dienone is 1. The minimum absolute atomic E-state index is 0.116. The monoisotopic (exact) mass is 370 g/mol. The van der Waals surface area contributed by atoms with Crippen molar-refractivity contribution >= 4 is 5.91 Å². The maximum Gasteiger partial charge on any atom is 0.224 e. The molecular weight excluding hydrogens is 336 g/mol. The van der Waals surface area contributed by atoms with Gasteiger partial charge in [-0.15, -0.1) is 0 Å². The van der Waals surface area contributed by atoms with Gasteiger partial charge in [0.05, 0.1) is 18.2 Å². The number of carbonyl (C=O) groups is 1. The summed E-state index contributed by atoms with van der Waals surface area (Å²) < 4.78 is 0. The van der Waals surface area contributed by atoms with Crippen molar-refractivity contribution in [2.45, 2.75) is 52.1 Å². The molecule has 2 aliphatic heterocycles. The van der Waals surface area contributed by atoms with E-state index < -0.39 is 0 Å². The summed E-state index contributed by atoms with van der Waals surface area (Å²) in [4.78, 5) is 22.1. The highest BCUT2D eigenvalue weighted by molar-refractivity contribution is 5.78. The first-order valence-electron chi connectivity index (χ1n) is 10.4. The van der Waals surface area contributed by atoms with Crippen LogP contribution in [0.4, 0.5) is 0 Å². The van der Waals surface area contributed by atoms with Gasteiger partial charge < -0.3 is 5.32 Å². The zero-order chi connectivity index (χ0) is 19.1. The number of piperidine rings is 2. The second-order valence-electron chi connectivity index (χ2n) is 8.02. The van der Waals surface area contributed by atoms with Gasteiger partial charge in [0.25, 0.3) is 0 Å². The Hall–Kier alpha value is -1.72. The van der Waals surface area contributed by atoms with Gasteiger partial charge in [-0.05, 0) is 71.3 Å². The van der Waals surface area contributed by atoms with Crippen molar-refractivity contribution in [3.63, 3.8) is 0 Å². The summed E-state index contributed by atoms with van der Waals surface area (Å²) >= 11 is 0. The fraction of sp³-hybridized carbons (Fsp3) is 0.636. The molecule has 1 amide bonds. The number of hydrogen-bond donors (Lipinski definition) is 1. The maximum absolute atomic E-state index is 12.6. The van der Waals surface area contributed by atoms with E-state index in [0.29, 0.717) is 12.6 Å². The molecule has 0 saturated carbocycles. The highest BCUT2D eigenvalue weighted by atomic mass is 16.1. The number of hydrogen-bond acceptors (Lipinski definition) is 4. The summed E-state index contributed by atoms with van der Waals surface area (Å²) in [6, 6.07) is 6.45. The maximum atomic E-state index is 12.6. The van der Waals surface area contributed by atoms with E-state index in [-0.39, 0.29) is 11.8 Å². The minimum Gasteiger partial charge on any atom is -0.350 e. The molecular formula is C22H34N4O. The summed E-state index contributed by atoms with van der Waals surface area (Å²) in [6.07, 6.45) is 8.56. The first-order valence-corrected chi connectivity index (χ1v) is 10.4. The predicted molar refractivity (Wildman–Crippen MR) is 109 cm³/mol. The smallest absolute Gasteiger partial charge is 0.224 e. The van der Waals surface area contributed by atoms with Crippen LogP contribution in [0.15, 0.2) is 36.0 Å². The van der Waals surface area contributed by atoms with Gasteiger partial charge in [0.15, 0.2) is 0 Å². The van der Waals surface area contributed by atoms with Gasteiger partial charge in [0, 0.05) is 25.3 Å². The van der Waals surface area contributed by atoms with Crippen LogP contribution in [0.25, 0.3) is 0 Å². The SMILES string of the molecule is CC=C(C)CN1CCC(N2CCCC(C(=O)NCc3ccccn3)C2)CC1. The van der Waals surface area contributed by atoms with Gasteiger partial charge >= 0.3 is 0 Å². The molecule has 0 spiro atoms. The Balaban J connectivity index is 1.44. The number of nitrogens with one attached hydrogen (secondary N) is 1. The van der Waals surface area contributed by atoms with Crippen LogP contribution < -0.4 is 5.32 Å². The van der Waals surface area contributed by atoms with Crippen LogP contribution in [0.2, 0.25) is 0 Å². The molecule has 5 heteroatoms. The first-order chi connectivity index (χ1) is 13.2. The van der Waals surface area contributed by atoms with Crippen molar-refractivity contribution in [1.29, 1.82) is 0 Å². The first kappa shape index (κ1) is 20.0. The Morgan fingerprint density at radius 1 is 1.26 bits per heavy atom. The normalized spacial score (nSPS) is 23.3. The minimum atomic E-state index is 0.116. The van der Waals surface area contributed by atoms with E-state index >= 15 is 0 Å². The molecule has 2 saturated heterocycles. The molecule has 1 aromatic rings. The fourth-order valence-electron chi connectivity index (χ4n) is 4.26. The van der Waals surface area contributed by atoms with E-state index in [1.165, 1.54) is 31.5 Å². The Bertz CT molecular complexity index is 622. The number of nitrogens with zero attached hydrogens (tertiary/aromatic N) is 3. The molecule has 1 unspecified atom stereocenters. The van der Waals surface area contributed by atoms with E-state index in [4.69, 9.17) is 0 Å². The van der Waals surface area contributed by atoms with Gasteiger partial charge in [-0.3, -0.25) is 19.6 Å². The van der Waals surface area contributed by atoms with Crippen LogP contribution in [0, 0.1) is 5.92 Å². The lowest BCUT2D eigenvalue weighted by Crippen LogP contribution is -2.50. The predicted octanol–water partition coefficient (Wildman–Crippen LogP) is 2.84. The zero-order valence-electron chi connectivity index (χ0n) is 16.9. The molecule has 0 radical (unpaired) electrons. The second kappa shape index (κ2) is 10.00. The van der Waals surface area contributed by atoms with Crippen molar-refractivity contribution in [1.82, 2.24) is 20.1 Å². The third kappa shape index (κ3) is 5.88. The van der Waals surface area contributed by atoms with Crippen molar-refractivity contribution in [3.05, 3.63) is 41.7 Å². The van der Waals surface area contributed by atoms with E-state index in [9.17, 15) is 4.79 Å². The molecule has 148 valence electrons. The summed E-state index contributed by atoms with van der Waals surface area (Å²) in [5.41, 5.74) is 2.37. The van der Waals surface area contributed by atoms with Gasteiger partial charge in [0.2, 0.25) is 5.91 Å². The third-order valence-corrected chi connectivity index (χ3v) is 6.03. The molecule has 0 aliphatic carbocycles. The van der Waals surface area contributed by atoms with Gasteiger partial charge in [0.1, 0.15) is 0 Å². The van der Waals surface area contributed by atoms with E-state index in [1.54, 1.807) is 6.20 Å². The number of rotatable bonds is 6. The lowest BCUT2D eigenvalue weighted by molar-refractivity contribution is -0.127. The van der Waals surface area contributed by atoms with Crippen molar-refractivity contribution in [2.24, 2.45) is 5.92 Å². The van der Waals surface area contributed by atoms with Crippen molar-refractivity contribution in [2.75, 3.05) is 32.7 Å². The molecule has 1 aromatic heterocycles. The largest absolute Gasteiger partial charge is 0.350 e. The molecule has 1 atom stereocenters. The second-order valence-corrected chi connectivity index (χ2v) is 8.02. The highest BCUT2D eigenvalue weighted by Gasteiger charge is 2.31. The molecule has 5 nitrogen and oxygen atoms in total. The summed E-state index contributed by atoms with van der Waals surface area (Å²) in [6.45, 7) is 10.3. The van der Waals surface area contributed by atoms with Gasteiger partial charge in [-0.25, -0.2) is 0 Å². The lowest BCUT2D eigenvalue weighted by Gasteiger charge is -2.42. The topological polar surface area (TPSA) is 48.5 Å². The number of pyridine rings is 1. The van der Waals surface area contributed by atoms with Crippen LogP contribution in [0.1, 0.15) is 45.2 Å². The molecule has 27 heavy (non-hydrogen) atoms. The Labute approximate surface area is 163 Å². The number of likely N-dealkylation sites (tertiary alicyclic amines) is 2. The third-order valence-electron chi connectivity index (χ3n) is 6.03. The van der Waals surface area contributed by atoms with Crippen LogP contribution in [0.3, 0.4) is 0 Å². The molecule has 2 aliphatic rings. The summed E-state index contributed by atoms with van der Waals surface area (Å²) in [7, 11) is 0. The highest BCUT2D eigenvalue weighted by Crippen LogP contribution is 2.24. The number of aromatic nitrogens is 1. The van der Waals surface area contributed by atoms with Crippen LogP contribution in [-0.2, 0) is 11.3 Å². The standard InChI is InChI=1S/C22H34N4O/c1-3-18(2)16-25-13-9-21(10-14-25)26-12-6-7-19(17-26)22(27)24-15-20-8-4-5-11-23-20/h3-5,8,11,19,21H,6-7,9-10,12-17H2,1-2H3,(H,24,27). The average Bonchev–Trinajstić information content (AvgIpc) is 2.73. The number of amides is 1. The van der Waals surface area contributed by atoms with Gasteiger partial charge in [-0.2, -0.15) is 0 Å². The number of carbonyl (C=O) groups excluding carboxylic acids is 1. The Morgan fingerprint density at radius 3 is 2.78 bits per heavy atom. The fourth-order valence-corrected chi connectivity index (χ4v) is 4.26. The van der Waals surface area contributed by atoms with E-state index in [0.717, 1.165) is 38.2 Å². The van der Waals surface area contributed by atoms with Crippen LogP contribution >= 0.6 is 0 Å². The van der Waals surface area contributed by atoms with Gasteiger partial charge in [-0.1, -0.05) is 17.7 Å². The Morgan fingerprint density at radius 2 is 2.07 bits per heavy atom. The van der Waals surface area contributed by atoms with Crippen molar-refractivity contribution in [3.8, 4) is 0 Å². The van der Waals surface area contributed by atoms with Crippen LogP contribution in [-0.4, -0.2) is 59.5 Å². The average molecular weight is 371 g/mol. The van der Waals surface area contributed by atoms with Crippen LogP contribution in [0.5, 0.6) is 0 Å². The zero-order valence-corrected chi connectivity index (χ0v) is 16.9. The molecule has 0 bridgehead atoms. The van der Waals surface area contributed by atoms with Crippen molar-refractivity contribution < 1.29 is 4.79 Å². The Kier molecular flexibility index (Phi) is 7.41. The molecule has 2 fully saturated rings. The lowest BCUT2D eigenvalue weighted by atomic mass is 9.93. The quantitative estimate of drug-likeness (QED) is 0.783. The molecule has 0 aromatic carbocycles. The molecule has 3 heterocycles. The van der Waals surface area contributed by atoms with E-state index in [1.807, 2.05) is 18.2 Å². The summed E-state index contributed by atoms with van der Waals surface area (Å²) in [5.74, 6) is 0.303. The summed E-state index contributed by atoms with van der Waals surface area (Å²) in [5, 5.41) is 3.08. The van der Waals surface area contributed by atoms with E-state index in [2.05, 4.69) is 40.0 Å².